The summed E-state index contributed by atoms with van der Waals surface area (Å²) < 4.78 is 9.43. The van der Waals surface area contributed by atoms with Gasteiger partial charge < -0.3 is 9.47 Å². The standard InChI is InChI=1S/C11H17NO4/c1-15-8-5-3-2-4-6-10(13)12-7-9-16-11(12)14/h5,8H,2-4,6-7,9H2,1H3. The predicted octanol–water partition coefficient (Wildman–Crippen LogP) is 1.69. The molecule has 5 heteroatoms. The molecular formula is C11H17NO4. The van der Waals surface area contributed by atoms with Crippen LogP contribution in [0.2, 0.25) is 0 Å². The zero-order valence-corrected chi connectivity index (χ0v) is 9.48. The second-order valence-corrected chi connectivity index (χ2v) is 3.51. The van der Waals surface area contributed by atoms with E-state index in [-0.39, 0.29) is 5.91 Å². The molecule has 0 radical (unpaired) electrons. The number of unbranched alkanes of at least 4 members (excludes halogenated alkanes) is 2. The molecule has 5 nitrogen and oxygen atoms in total. The van der Waals surface area contributed by atoms with Crippen molar-refractivity contribution in [3.63, 3.8) is 0 Å². The Bertz CT molecular complexity index is 275. The average Bonchev–Trinajstić information content (AvgIpc) is 2.69. The number of nitrogens with zero attached hydrogens (tertiary/aromatic N) is 1. The molecule has 0 aromatic carbocycles. The summed E-state index contributed by atoms with van der Waals surface area (Å²) in [5.74, 6) is -0.141. The molecule has 1 aliphatic heterocycles. The highest BCUT2D eigenvalue weighted by atomic mass is 16.6. The third-order valence-corrected chi connectivity index (χ3v) is 2.31. The van der Waals surface area contributed by atoms with E-state index in [0.717, 1.165) is 19.3 Å². The number of allylic oxidation sites excluding steroid dienone is 1. The summed E-state index contributed by atoms with van der Waals surface area (Å²) in [5, 5.41) is 0. The lowest BCUT2D eigenvalue weighted by Gasteiger charge is -2.09. The molecule has 0 unspecified atom stereocenters. The minimum absolute atomic E-state index is 0.141. The number of imide groups is 1. The maximum atomic E-state index is 11.5. The van der Waals surface area contributed by atoms with E-state index in [2.05, 4.69) is 4.74 Å². The number of amides is 2. The number of cyclic esters (lactones) is 1. The lowest BCUT2D eigenvalue weighted by Crippen LogP contribution is -2.31. The van der Waals surface area contributed by atoms with Crippen LogP contribution in [0.5, 0.6) is 0 Å². The summed E-state index contributed by atoms with van der Waals surface area (Å²) in [5.41, 5.74) is 0. The van der Waals surface area contributed by atoms with E-state index in [0.29, 0.717) is 19.6 Å². The van der Waals surface area contributed by atoms with Gasteiger partial charge >= 0.3 is 6.09 Å². The van der Waals surface area contributed by atoms with Crippen molar-refractivity contribution in [2.24, 2.45) is 0 Å². The Hall–Kier alpha value is -1.52. The molecule has 0 spiro atoms. The Balaban J connectivity index is 2.10. The van der Waals surface area contributed by atoms with Gasteiger partial charge in [-0.3, -0.25) is 4.79 Å². The summed E-state index contributed by atoms with van der Waals surface area (Å²) >= 11 is 0. The molecule has 1 rings (SSSR count). The highest BCUT2D eigenvalue weighted by Gasteiger charge is 2.27. The van der Waals surface area contributed by atoms with Crippen molar-refractivity contribution in [3.8, 4) is 0 Å². The van der Waals surface area contributed by atoms with E-state index in [9.17, 15) is 9.59 Å². The monoisotopic (exact) mass is 227 g/mol. The first-order valence-corrected chi connectivity index (χ1v) is 5.40. The van der Waals surface area contributed by atoms with Gasteiger partial charge in [0.15, 0.2) is 0 Å². The fraction of sp³-hybridized carbons (Fsp3) is 0.636. The maximum absolute atomic E-state index is 11.5. The van der Waals surface area contributed by atoms with E-state index < -0.39 is 6.09 Å². The van der Waals surface area contributed by atoms with Crippen LogP contribution in [0.3, 0.4) is 0 Å². The Morgan fingerprint density at radius 1 is 1.56 bits per heavy atom. The lowest BCUT2D eigenvalue weighted by atomic mass is 10.2. The number of rotatable bonds is 6. The van der Waals surface area contributed by atoms with Crippen molar-refractivity contribution < 1.29 is 19.1 Å². The van der Waals surface area contributed by atoms with Gasteiger partial charge in [-0.05, 0) is 25.3 Å². The first-order valence-electron chi connectivity index (χ1n) is 5.40. The van der Waals surface area contributed by atoms with E-state index in [1.165, 1.54) is 4.90 Å². The molecular weight excluding hydrogens is 210 g/mol. The second kappa shape index (κ2) is 6.87. The van der Waals surface area contributed by atoms with Crippen LogP contribution >= 0.6 is 0 Å². The Kier molecular flexibility index (Phi) is 5.39. The molecule has 0 aromatic heterocycles. The van der Waals surface area contributed by atoms with Crippen LogP contribution in [-0.4, -0.2) is 37.2 Å². The molecule has 0 atom stereocenters. The number of ether oxygens (including phenoxy) is 2. The lowest BCUT2D eigenvalue weighted by molar-refractivity contribution is -0.127. The van der Waals surface area contributed by atoms with Gasteiger partial charge in [-0.15, -0.1) is 0 Å². The highest BCUT2D eigenvalue weighted by Crippen LogP contribution is 2.09. The first kappa shape index (κ1) is 12.5. The van der Waals surface area contributed by atoms with Crippen LogP contribution in [0.15, 0.2) is 12.3 Å². The maximum Gasteiger partial charge on any atom is 0.416 e. The molecule has 16 heavy (non-hydrogen) atoms. The average molecular weight is 227 g/mol. The minimum Gasteiger partial charge on any atom is -0.505 e. The fourth-order valence-electron chi connectivity index (χ4n) is 1.46. The van der Waals surface area contributed by atoms with Gasteiger partial charge in [-0.1, -0.05) is 0 Å². The van der Waals surface area contributed by atoms with Gasteiger partial charge in [-0.2, -0.15) is 0 Å². The van der Waals surface area contributed by atoms with Crippen molar-refractivity contribution >= 4 is 12.0 Å². The molecule has 1 heterocycles. The molecule has 0 aromatic rings. The van der Waals surface area contributed by atoms with Crippen molar-refractivity contribution in [3.05, 3.63) is 12.3 Å². The topological polar surface area (TPSA) is 55.8 Å². The summed E-state index contributed by atoms with van der Waals surface area (Å²) in [4.78, 5) is 23.7. The Labute approximate surface area is 95.0 Å². The molecule has 1 aliphatic rings. The molecule has 1 saturated heterocycles. The largest absolute Gasteiger partial charge is 0.505 e. The van der Waals surface area contributed by atoms with Crippen LogP contribution in [0, 0.1) is 0 Å². The Morgan fingerprint density at radius 2 is 2.38 bits per heavy atom. The zero-order valence-electron chi connectivity index (χ0n) is 9.48. The van der Waals surface area contributed by atoms with Gasteiger partial charge in [0.25, 0.3) is 0 Å². The molecule has 1 fully saturated rings. The highest BCUT2D eigenvalue weighted by molar-refractivity contribution is 5.92. The molecule has 90 valence electrons. The minimum atomic E-state index is -0.510. The van der Waals surface area contributed by atoms with Crippen LogP contribution in [0.4, 0.5) is 4.79 Å². The van der Waals surface area contributed by atoms with E-state index in [1.807, 2.05) is 6.08 Å². The number of hydrogen-bond donors (Lipinski definition) is 0. The van der Waals surface area contributed by atoms with Gasteiger partial charge in [0, 0.05) is 6.42 Å². The molecule has 2 amide bonds. The van der Waals surface area contributed by atoms with Gasteiger partial charge in [0.05, 0.1) is 19.9 Å². The third kappa shape index (κ3) is 3.92. The van der Waals surface area contributed by atoms with Crippen molar-refractivity contribution in [2.75, 3.05) is 20.3 Å². The third-order valence-electron chi connectivity index (χ3n) is 2.31. The summed E-state index contributed by atoms with van der Waals surface area (Å²) in [6.45, 7) is 0.711. The normalized spacial score (nSPS) is 15.6. The van der Waals surface area contributed by atoms with Gasteiger partial charge in [0.2, 0.25) is 5.91 Å². The first-order chi connectivity index (χ1) is 7.75. The van der Waals surface area contributed by atoms with E-state index in [1.54, 1.807) is 13.4 Å². The Morgan fingerprint density at radius 3 is 3.00 bits per heavy atom. The van der Waals surface area contributed by atoms with E-state index in [4.69, 9.17) is 4.74 Å². The van der Waals surface area contributed by atoms with Crippen molar-refractivity contribution in [1.82, 2.24) is 4.90 Å². The predicted molar refractivity (Wildman–Crippen MR) is 57.7 cm³/mol. The molecule has 0 aliphatic carbocycles. The van der Waals surface area contributed by atoms with Crippen LogP contribution in [0.1, 0.15) is 25.7 Å². The molecule has 0 bridgehead atoms. The number of carbonyl (C=O) groups excluding carboxylic acids is 2. The van der Waals surface area contributed by atoms with Crippen molar-refractivity contribution in [2.45, 2.75) is 25.7 Å². The molecule has 0 N–H and O–H groups in total. The van der Waals surface area contributed by atoms with Crippen molar-refractivity contribution in [1.29, 1.82) is 0 Å². The number of hydrogen-bond acceptors (Lipinski definition) is 4. The number of methoxy groups -OCH3 is 1. The smallest absolute Gasteiger partial charge is 0.416 e. The summed E-state index contributed by atoms with van der Waals surface area (Å²) in [6, 6.07) is 0. The van der Waals surface area contributed by atoms with Gasteiger partial charge in [-0.25, -0.2) is 9.69 Å². The fourth-order valence-corrected chi connectivity index (χ4v) is 1.46. The summed E-state index contributed by atoms with van der Waals surface area (Å²) in [7, 11) is 1.60. The quantitative estimate of drug-likeness (QED) is 0.511. The summed E-state index contributed by atoms with van der Waals surface area (Å²) in [6.07, 6.45) is 5.99. The van der Waals surface area contributed by atoms with Crippen LogP contribution in [-0.2, 0) is 14.3 Å². The zero-order chi connectivity index (χ0) is 11.8. The van der Waals surface area contributed by atoms with Crippen LogP contribution < -0.4 is 0 Å². The second-order valence-electron chi connectivity index (χ2n) is 3.51. The molecule has 0 saturated carbocycles. The number of carbonyl (C=O) groups is 2. The van der Waals surface area contributed by atoms with E-state index >= 15 is 0 Å². The van der Waals surface area contributed by atoms with Crippen LogP contribution in [0.25, 0.3) is 0 Å². The van der Waals surface area contributed by atoms with Gasteiger partial charge in [0.1, 0.15) is 6.61 Å². The SMILES string of the molecule is COC=CCCCCC(=O)N1CCOC1=O.